The lowest BCUT2D eigenvalue weighted by Gasteiger charge is -2.22. The Hall–Kier alpha value is -2.37. The summed E-state index contributed by atoms with van der Waals surface area (Å²) in [4.78, 5) is 13.4. The van der Waals surface area contributed by atoms with Crippen LogP contribution in [-0.4, -0.2) is 73.0 Å². The van der Waals surface area contributed by atoms with Crippen LogP contribution in [0.25, 0.3) is 11.0 Å². The van der Waals surface area contributed by atoms with Crippen molar-refractivity contribution in [3.63, 3.8) is 0 Å². The third-order valence-corrected chi connectivity index (χ3v) is 8.21. The Kier molecular flexibility index (Phi) is 8.41. The van der Waals surface area contributed by atoms with E-state index in [-0.39, 0.29) is 5.82 Å². The molecule has 4 rings (SSSR count). The lowest BCUT2D eigenvalue weighted by atomic mass is 10.2. The molecule has 36 heavy (non-hydrogen) atoms. The van der Waals surface area contributed by atoms with E-state index in [1.54, 1.807) is 12.4 Å². The summed E-state index contributed by atoms with van der Waals surface area (Å²) in [6.07, 6.45) is 2.35. The van der Waals surface area contributed by atoms with Crippen LogP contribution in [0.1, 0.15) is 23.9 Å². The number of nitrogens with one attached hydrogen (secondary N) is 1. The zero-order chi connectivity index (χ0) is 25.9. The van der Waals surface area contributed by atoms with E-state index < -0.39 is 14.3 Å². The first-order chi connectivity index (χ1) is 17.1. The van der Waals surface area contributed by atoms with Crippen molar-refractivity contribution >= 4 is 30.6 Å². The monoisotopic (exact) mass is 514 g/mol. The summed E-state index contributed by atoms with van der Waals surface area (Å²) in [5, 5.41) is 14.3. The minimum atomic E-state index is -1.24. The van der Waals surface area contributed by atoms with Crippen molar-refractivity contribution in [1.29, 1.82) is 0 Å². The largest absolute Gasteiger partial charge is 0.373 e. The lowest BCUT2D eigenvalue weighted by molar-refractivity contribution is 0.0733. The van der Waals surface area contributed by atoms with E-state index in [0.717, 1.165) is 53.5 Å². The maximum atomic E-state index is 13.8. The minimum absolute atomic E-state index is 0.228. The number of aromatic nitrogens is 3. The molecule has 1 aromatic carbocycles. The molecule has 0 bridgehead atoms. The summed E-state index contributed by atoms with van der Waals surface area (Å²) >= 11 is 0. The molecule has 1 atom stereocenters. The van der Waals surface area contributed by atoms with E-state index in [0.29, 0.717) is 32.1 Å². The van der Waals surface area contributed by atoms with Crippen LogP contribution in [0.2, 0.25) is 25.7 Å². The van der Waals surface area contributed by atoms with E-state index in [2.05, 4.69) is 44.7 Å². The molecule has 3 heterocycles. The zero-order valence-corrected chi connectivity index (χ0v) is 23.1. The predicted molar refractivity (Wildman–Crippen MR) is 145 cm³/mol. The SMILES string of the molecule is CN(C)CCCNC(O)c1cc2ncnc(N3CCc4cc(F)ccc43)c2n1COCC[Si](C)(C)C. The smallest absolute Gasteiger partial charge is 0.161 e. The molecule has 1 aliphatic heterocycles. The van der Waals surface area contributed by atoms with Crippen molar-refractivity contribution in [3.8, 4) is 0 Å². The number of anilines is 2. The van der Waals surface area contributed by atoms with Crippen LogP contribution in [0.3, 0.4) is 0 Å². The minimum Gasteiger partial charge on any atom is -0.373 e. The fourth-order valence-electron chi connectivity index (χ4n) is 4.52. The summed E-state index contributed by atoms with van der Waals surface area (Å²) in [6.45, 7) is 10.3. The third kappa shape index (κ3) is 6.30. The zero-order valence-electron chi connectivity index (χ0n) is 22.1. The molecule has 0 amide bonds. The van der Waals surface area contributed by atoms with E-state index in [9.17, 15) is 9.50 Å². The Morgan fingerprint density at radius 1 is 1.22 bits per heavy atom. The van der Waals surface area contributed by atoms with E-state index in [4.69, 9.17) is 4.74 Å². The summed E-state index contributed by atoms with van der Waals surface area (Å²) in [5.41, 5.74) is 4.17. The van der Waals surface area contributed by atoms with Gasteiger partial charge in [0, 0.05) is 26.9 Å². The molecular formula is C26H39FN6O2Si. The molecule has 0 radical (unpaired) electrons. The van der Waals surface area contributed by atoms with Gasteiger partial charge in [-0.05, 0) is 75.9 Å². The maximum absolute atomic E-state index is 13.8. The fraction of sp³-hybridized carbons (Fsp3) is 0.538. The number of nitrogens with zero attached hydrogens (tertiary/aromatic N) is 5. The van der Waals surface area contributed by atoms with Gasteiger partial charge in [0.25, 0.3) is 0 Å². The van der Waals surface area contributed by atoms with E-state index >= 15 is 0 Å². The fourth-order valence-corrected chi connectivity index (χ4v) is 5.28. The highest BCUT2D eigenvalue weighted by Crippen LogP contribution is 2.38. The number of rotatable bonds is 12. The normalized spacial score (nSPS) is 14.7. The van der Waals surface area contributed by atoms with Gasteiger partial charge in [0.2, 0.25) is 0 Å². The van der Waals surface area contributed by atoms with Gasteiger partial charge in [0.15, 0.2) is 5.82 Å². The molecule has 0 spiro atoms. The average molecular weight is 515 g/mol. The highest BCUT2D eigenvalue weighted by Gasteiger charge is 2.27. The first-order valence-corrected chi connectivity index (χ1v) is 16.4. The first-order valence-electron chi connectivity index (χ1n) is 12.7. The Balaban J connectivity index is 1.67. The van der Waals surface area contributed by atoms with Gasteiger partial charge in [-0.2, -0.15) is 0 Å². The van der Waals surface area contributed by atoms with Crippen molar-refractivity contribution < 1.29 is 14.2 Å². The van der Waals surface area contributed by atoms with Gasteiger partial charge in [0.1, 0.15) is 30.6 Å². The summed E-state index contributed by atoms with van der Waals surface area (Å²) in [6, 6.07) is 7.86. The van der Waals surface area contributed by atoms with Gasteiger partial charge < -0.3 is 24.2 Å². The second kappa shape index (κ2) is 11.3. The number of hydrogen-bond acceptors (Lipinski definition) is 7. The molecule has 0 aliphatic carbocycles. The predicted octanol–water partition coefficient (Wildman–Crippen LogP) is 4.11. The van der Waals surface area contributed by atoms with E-state index in [1.165, 1.54) is 6.07 Å². The van der Waals surface area contributed by atoms with Crippen molar-refractivity contribution in [2.75, 3.05) is 45.2 Å². The van der Waals surface area contributed by atoms with Gasteiger partial charge in [-0.25, -0.2) is 14.4 Å². The highest BCUT2D eigenvalue weighted by molar-refractivity contribution is 6.76. The molecule has 0 saturated heterocycles. The molecule has 1 unspecified atom stereocenters. The molecule has 10 heteroatoms. The molecule has 196 valence electrons. The lowest BCUT2D eigenvalue weighted by Crippen LogP contribution is -2.27. The molecule has 1 aliphatic rings. The maximum Gasteiger partial charge on any atom is 0.161 e. The number of aliphatic hydroxyl groups is 1. The van der Waals surface area contributed by atoms with Crippen molar-refractivity contribution in [2.24, 2.45) is 0 Å². The number of halogens is 1. The second-order valence-electron chi connectivity index (χ2n) is 11.0. The Morgan fingerprint density at radius 3 is 2.78 bits per heavy atom. The molecule has 2 aromatic heterocycles. The summed E-state index contributed by atoms with van der Waals surface area (Å²) in [5.74, 6) is 0.513. The third-order valence-electron chi connectivity index (χ3n) is 6.51. The molecular weight excluding hydrogens is 475 g/mol. The number of aliphatic hydroxyl groups excluding tert-OH is 1. The summed E-state index contributed by atoms with van der Waals surface area (Å²) in [7, 11) is 2.84. The highest BCUT2D eigenvalue weighted by atomic mass is 28.3. The number of hydrogen-bond donors (Lipinski definition) is 2. The van der Waals surface area contributed by atoms with Crippen LogP contribution in [0.15, 0.2) is 30.6 Å². The van der Waals surface area contributed by atoms with Crippen LogP contribution >= 0.6 is 0 Å². The van der Waals surface area contributed by atoms with E-state index in [1.807, 2.05) is 30.8 Å². The first kappa shape index (κ1) is 26.7. The molecule has 3 aromatic rings. The Morgan fingerprint density at radius 2 is 2.03 bits per heavy atom. The number of benzene rings is 1. The summed E-state index contributed by atoms with van der Waals surface area (Å²) < 4.78 is 22.0. The number of fused-ring (bicyclic) bond motifs is 2. The molecule has 2 N–H and O–H groups in total. The number of ether oxygens (including phenoxy) is 1. The van der Waals surface area contributed by atoms with Crippen molar-refractivity contribution in [2.45, 2.75) is 51.5 Å². The average Bonchev–Trinajstić information content (AvgIpc) is 3.40. The van der Waals surface area contributed by atoms with Crippen LogP contribution in [0, 0.1) is 5.82 Å². The van der Waals surface area contributed by atoms with Crippen LogP contribution in [0.4, 0.5) is 15.9 Å². The van der Waals surface area contributed by atoms with Crippen molar-refractivity contribution in [1.82, 2.24) is 24.8 Å². The van der Waals surface area contributed by atoms with Gasteiger partial charge in [-0.15, -0.1) is 0 Å². The van der Waals surface area contributed by atoms with Gasteiger partial charge in [-0.3, -0.25) is 5.32 Å². The van der Waals surface area contributed by atoms with Gasteiger partial charge in [-0.1, -0.05) is 19.6 Å². The molecule has 0 fully saturated rings. The molecule has 8 nitrogen and oxygen atoms in total. The van der Waals surface area contributed by atoms with Crippen LogP contribution in [-0.2, 0) is 17.9 Å². The quantitative estimate of drug-likeness (QED) is 0.214. The standard InChI is InChI=1S/C26H39FN6O2Si/c1-31(2)11-6-10-28-26(34)23-16-21-24(33(23)18-35-13-14-36(3,4)5)25(30-17-29-21)32-12-9-19-15-20(27)7-8-22(19)32/h7-8,15-17,26,28,34H,6,9-14,18H2,1-5H3. The second-order valence-corrected chi connectivity index (χ2v) is 16.6. The Labute approximate surface area is 214 Å². The van der Waals surface area contributed by atoms with Gasteiger partial charge >= 0.3 is 0 Å². The van der Waals surface area contributed by atoms with Crippen molar-refractivity contribution in [3.05, 3.63) is 47.7 Å². The topological polar surface area (TPSA) is 78.7 Å². The van der Waals surface area contributed by atoms with Crippen LogP contribution < -0.4 is 10.2 Å². The van der Waals surface area contributed by atoms with Crippen LogP contribution in [0.5, 0.6) is 0 Å². The molecule has 0 saturated carbocycles. The Bertz CT molecular complexity index is 1180. The van der Waals surface area contributed by atoms with Gasteiger partial charge in [0.05, 0.1) is 11.2 Å².